The molecule has 1 heterocycles. The number of ether oxygens (including phenoxy) is 2. The highest BCUT2D eigenvalue weighted by Crippen LogP contribution is 2.44. The molecule has 184 valence electrons. The van der Waals surface area contributed by atoms with Gasteiger partial charge in [0, 0.05) is 12.5 Å². The molecule has 1 saturated heterocycles. The van der Waals surface area contributed by atoms with Gasteiger partial charge in [-0.05, 0) is 35.1 Å². The van der Waals surface area contributed by atoms with Crippen molar-refractivity contribution in [3.63, 3.8) is 0 Å². The molecule has 2 aliphatic rings. The van der Waals surface area contributed by atoms with Gasteiger partial charge in [-0.25, -0.2) is 4.79 Å². The van der Waals surface area contributed by atoms with Crippen LogP contribution >= 0.6 is 0 Å². The Kier molecular flexibility index (Phi) is 7.61. The SMILES string of the molecule is O=C(O)CNC(=O)CNC(=O)C1CCC(CNC(=O)OCC2c3ccccc3-c3ccccc32)O1. The van der Waals surface area contributed by atoms with Crippen molar-refractivity contribution in [1.29, 1.82) is 0 Å². The van der Waals surface area contributed by atoms with Gasteiger partial charge in [0.1, 0.15) is 19.3 Å². The van der Waals surface area contributed by atoms with Crippen LogP contribution in [-0.2, 0) is 23.9 Å². The zero-order chi connectivity index (χ0) is 24.8. The monoisotopic (exact) mass is 481 g/mol. The molecular weight excluding hydrogens is 454 g/mol. The van der Waals surface area contributed by atoms with Crippen LogP contribution in [0.4, 0.5) is 4.79 Å². The molecule has 35 heavy (non-hydrogen) atoms. The van der Waals surface area contributed by atoms with Crippen molar-refractivity contribution in [2.24, 2.45) is 0 Å². The number of aliphatic carboxylic acids is 1. The normalized spacial score (nSPS) is 18.3. The van der Waals surface area contributed by atoms with Crippen LogP contribution in [0.25, 0.3) is 11.1 Å². The number of hydrogen-bond acceptors (Lipinski definition) is 6. The van der Waals surface area contributed by atoms with Crippen molar-refractivity contribution in [3.05, 3.63) is 59.7 Å². The topological polar surface area (TPSA) is 143 Å². The number of hydrogen-bond donors (Lipinski definition) is 4. The fourth-order valence-electron chi connectivity index (χ4n) is 4.41. The Morgan fingerprint density at radius 3 is 2.20 bits per heavy atom. The Balaban J connectivity index is 1.19. The van der Waals surface area contributed by atoms with Crippen LogP contribution in [0.15, 0.2) is 48.5 Å². The van der Waals surface area contributed by atoms with Crippen LogP contribution < -0.4 is 16.0 Å². The minimum Gasteiger partial charge on any atom is -0.480 e. The summed E-state index contributed by atoms with van der Waals surface area (Å²) in [7, 11) is 0. The molecule has 4 rings (SSSR count). The summed E-state index contributed by atoms with van der Waals surface area (Å²) < 4.78 is 11.2. The summed E-state index contributed by atoms with van der Waals surface area (Å²) in [6.45, 7) is -0.452. The van der Waals surface area contributed by atoms with E-state index >= 15 is 0 Å². The second-order valence-corrected chi connectivity index (χ2v) is 8.42. The molecule has 1 aliphatic heterocycles. The Morgan fingerprint density at radius 1 is 0.886 bits per heavy atom. The molecule has 3 amide bonds. The zero-order valence-corrected chi connectivity index (χ0v) is 19.0. The summed E-state index contributed by atoms with van der Waals surface area (Å²) in [6, 6.07) is 16.2. The van der Waals surface area contributed by atoms with Crippen LogP contribution in [0.5, 0.6) is 0 Å². The molecule has 0 bridgehead atoms. The lowest BCUT2D eigenvalue weighted by Crippen LogP contribution is -2.43. The minimum absolute atomic E-state index is 0.0309. The molecule has 0 spiro atoms. The molecule has 0 aromatic heterocycles. The molecule has 10 nitrogen and oxygen atoms in total. The quantitative estimate of drug-likeness (QED) is 0.424. The molecule has 2 aromatic carbocycles. The number of fused-ring (bicyclic) bond motifs is 3. The molecule has 2 aromatic rings. The first kappa shape index (κ1) is 24.2. The molecule has 4 N–H and O–H groups in total. The van der Waals surface area contributed by atoms with Gasteiger partial charge in [0.05, 0.1) is 12.6 Å². The minimum atomic E-state index is -1.17. The second-order valence-electron chi connectivity index (χ2n) is 8.42. The summed E-state index contributed by atoms with van der Waals surface area (Å²) in [5.41, 5.74) is 4.57. The van der Waals surface area contributed by atoms with E-state index in [1.165, 1.54) is 0 Å². The third kappa shape index (κ3) is 5.96. The number of carbonyl (C=O) groups excluding carboxylic acids is 3. The number of amides is 3. The molecule has 2 unspecified atom stereocenters. The van der Waals surface area contributed by atoms with E-state index in [4.69, 9.17) is 14.6 Å². The highest BCUT2D eigenvalue weighted by Gasteiger charge is 2.32. The van der Waals surface area contributed by atoms with Gasteiger partial charge < -0.3 is 30.5 Å². The van der Waals surface area contributed by atoms with E-state index < -0.39 is 36.5 Å². The number of nitrogens with one attached hydrogen (secondary N) is 3. The number of rotatable bonds is 9. The second kappa shape index (κ2) is 11.0. The molecule has 10 heteroatoms. The highest BCUT2D eigenvalue weighted by atomic mass is 16.5. The largest absolute Gasteiger partial charge is 0.480 e. The van der Waals surface area contributed by atoms with Gasteiger partial charge in [-0.1, -0.05) is 48.5 Å². The van der Waals surface area contributed by atoms with E-state index in [9.17, 15) is 19.2 Å². The Labute approximate surface area is 202 Å². The Hall–Kier alpha value is -3.92. The van der Waals surface area contributed by atoms with E-state index in [0.29, 0.717) is 12.8 Å². The first-order chi connectivity index (χ1) is 16.9. The smallest absolute Gasteiger partial charge is 0.407 e. The predicted octanol–water partition coefficient (Wildman–Crippen LogP) is 1.39. The van der Waals surface area contributed by atoms with E-state index in [0.717, 1.165) is 22.3 Å². The fraction of sp³-hybridized carbons (Fsp3) is 0.360. The van der Waals surface area contributed by atoms with Crippen molar-refractivity contribution in [3.8, 4) is 11.1 Å². The average Bonchev–Trinajstić information content (AvgIpc) is 3.46. The van der Waals surface area contributed by atoms with Gasteiger partial charge in [0.2, 0.25) is 11.8 Å². The van der Waals surface area contributed by atoms with Crippen LogP contribution in [0.3, 0.4) is 0 Å². The number of carboxylic acids is 1. The lowest BCUT2D eigenvalue weighted by Gasteiger charge is -2.16. The van der Waals surface area contributed by atoms with Crippen molar-refractivity contribution in [2.45, 2.75) is 31.0 Å². The van der Waals surface area contributed by atoms with E-state index in [-0.39, 0.29) is 31.7 Å². The highest BCUT2D eigenvalue weighted by molar-refractivity contribution is 5.88. The third-order valence-electron chi connectivity index (χ3n) is 6.08. The van der Waals surface area contributed by atoms with Gasteiger partial charge in [-0.2, -0.15) is 0 Å². The number of carbonyl (C=O) groups is 4. The van der Waals surface area contributed by atoms with Gasteiger partial charge in [0.25, 0.3) is 0 Å². The molecule has 2 atom stereocenters. The maximum atomic E-state index is 12.3. The fourth-order valence-corrected chi connectivity index (χ4v) is 4.41. The van der Waals surface area contributed by atoms with Crippen molar-refractivity contribution in [2.75, 3.05) is 26.2 Å². The number of carboxylic acid groups (broad SMARTS) is 1. The first-order valence-corrected chi connectivity index (χ1v) is 11.4. The molecule has 1 fully saturated rings. The van der Waals surface area contributed by atoms with Gasteiger partial charge in [-0.3, -0.25) is 14.4 Å². The summed E-state index contributed by atoms with van der Waals surface area (Å²) in [5.74, 6) is -2.27. The third-order valence-corrected chi connectivity index (χ3v) is 6.08. The first-order valence-electron chi connectivity index (χ1n) is 11.4. The summed E-state index contributed by atoms with van der Waals surface area (Å²) in [6.07, 6.45) is -0.644. The standard InChI is InChI=1S/C25H27N3O7/c29-22(26-13-23(30)31)12-27-24(32)21-10-9-15(35-21)11-28-25(33)34-14-20-18-7-3-1-5-16(18)17-6-2-4-8-19(17)20/h1-8,15,20-21H,9-14H2,(H,26,29)(H,27,32)(H,28,33)(H,30,31). The molecule has 0 saturated carbocycles. The number of benzene rings is 2. The summed E-state index contributed by atoms with van der Waals surface area (Å²) in [5, 5.41) is 15.8. The molecular formula is C25H27N3O7. The maximum absolute atomic E-state index is 12.3. The van der Waals surface area contributed by atoms with Crippen LogP contribution in [0.2, 0.25) is 0 Å². The average molecular weight is 482 g/mol. The van der Waals surface area contributed by atoms with Crippen LogP contribution in [-0.4, -0.2) is 67.4 Å². The van der Waals surface area contributed by atoms with Crippen molar-refractivity contribution < 1.29 is 33.8 Å². The van der Waals surface area contributed by atoms with E-state index in [1.807, 2.05) is 24.3 Å². The van der Waals surface area contributed by atoms with Crippen LogP contribution in [0, 0.1) is 0 Å². The van der Waals surface area contributed by atoms with Gasteiger partial charge in [0.15, 0.2) is 0 Å². The zero-order valence-electron chi connectivity index (χ0n) is 19.0. The maximum Gasteiger partial charge on any atom is 0.407 e. The van der Waals surface area contributed by atoms with Gasteiger partial charge in [-0.15, -0.1) is 0 Å². The molecule has 1 aliphatic carbocycles. The Bertz CT molecular complexity index is 1070. The summed E-state index contributed by atoms with van der Waals surface area (Å²) >= 11 is 0. The predicted molar refractivity (Wildman–Crippen MR) is 125 cm³/mol. The lowest BCUT2D eigenvalue weighted by atomic mass is 9.98. The van der Waals surface area contributed by atoms with Gasteiger partial charge >= 0.3 is 12.1 Å². The Morgan fingerprint density at radius 2 is 1.54 bits per heavy atom. The molecule has 0 radical (unpaired) electrons. The van der Waals surface area contributed by atoms with Crippen molar-refractivity contribution >= 4 is 23.9 Å². The van der Waals surface area contributed by atoms with Crippen molar-refractivity contribution in [1.82, 2.24) is 16.0 Å². The summed E-state index contributed by atoms with van der Waals surface area (Å²) in [4.78, 5) is 46.5. The van der Waals surface area contributed by atoms with E-state index in [1.54, 1.807) is 0 Å². The van der Waals surface area contributed by atoms with E-state index in [2.05, 4.69) is 40.2 Å². The number of alkyl carbamates (subject to hydrolysis) is 1. The van der Waals surface area contributed by atoms with Crippen LogP contribution in [0.1, 0.15) is 29.9 Å². The lowest BCUT2D eigenvalue weighted by molar-refractivity contribution is -0.138.